The average molecular weight is 433 g/mol. The van der Waals surface area contributed by atoms with Crippen LogP contribution >= 0.6 is 0 Å². The van der Waals surface area contributed by atoms with Gasteiger partial charge in [0.05, 0.1) is 12.6 Å². The molecule has 2 aliphatic rings. The van der Waals surface area contributed by atoms with Gasteiger partial charge in [-0.1, -0.05) is 33.1 Å². The van der Waals surface area contributed by atoms with E-state index in [1.807, 2.05) is 23.9 Å². The number of amides is 2. The minimum absolute atomic E-state index is 0.00842. The number of carbonyl (C=O) groups is 2. The van der Waals surface area contributed by atoms with Gasteiger partial charge >= 0.3 is 0 Å². The van der Waals surface area contributed by atoms with E-state index in [9.17, 15) is 9.59 Å². The second-order valence-corrected chi connectivity index (χ2v) is 9.95. The zero-order chi connectivity index (χ0) is 22.4. The topological polar surface area (TPSA) is 83.4 Å². The summed E-state index contributed by atoms with van der Waals surface area (Å²) in [7, 11) is 3.78. The van der Waals surface area contributed by atoms with Crippen molar-refractivity contribution in [3.8, 4) is 0 Å². The summed E-state index contributed by atoms with van der Waals surface area (Å²) in [6, 6.07) is -0.168. The van der Waals surface area contributed by atoms with Crippen molar-refractivity contribution >= 4 is 11.8 Å². The van der Waals surface area contributed by atoms with Crippen molar-refractivity contribution in [3.05, 3.63) is 11.6 Å². The van der Waals surface area contributed by atoms with Gasteiger partial charge in [0, 0.05) is 32.5 Å². The second-order valence-electron chi connectivity index (χ2n) is 9.95. The highest BCUT2D eigenvalue weighted by molar-refractivity contribution is 5.78. The first-order chi connectivity index (χ1) is 14.8. The number of carbonyl (C=O) groups excluding carboxylic acids is 2. The van der Waals surface area contributed by atoms with Crippen molar-refractivity contribution in [1.29, 1.82) is 0 Å². The molecule has 1 aromatic heterocycles. The Morgan fingerprint density at radius 3 is 2.52 bits per heavy atom. The van der Waals surface area contributed by atoms with Crippen LogP contribution in [0.2, 0.25) is 0 Å². The van der Waals surface area contributed by atoms with E-state index in [1.54, 1.807) is 0 Å². The maximum atomic E-state index is 12.9. The molecule has 31 heavy (non-hydrogen) atoms. The number of likely N-dealkylation sites (N-methyl/N-ethyl adjacent to an activating group) is 1. The Kier molecular flexibility index (Phi) is 8.46. The molecule has 2 heterocycles. The minimum Gasteiger partial charge on any atom is -0.345 e. The van der Waals surface area contributed by atoms with Crippen molar-refractivity contribution in [2.24, 2.45) is 11.8 Å². The Morgan fingerprint density at radius 2 is 1.84 bits per heavy atom. The highest BCUT2D eigenvalue weighted by atomic mass is 16.2. The molecule has 8 heteroatoms. The van der Waals surface area contributed by atoms with E-state index < -0.39 is 0 Å². The van der Waals surface area contributed by atoms with Crippen molar-refractivity contribution in [2.45, 2.75) is 77.8 Å². The molecule has 0 aromatic carbocycles. The quantitative estimate of drug-likeness (QED) is 0.682. The maximum absolute atomic E-state index is 12.9. The number of rotatable bonds is 8. The van der Waals surface area contributed by atoms with E-state index in [2.05, 4.69) is 33.9 Å². The number of hydrogen-bond donors (Lipinski definition) is 1. The van der Waals surface area contributed by atoms with Gasteiger partial charge in [-0.3, -0.25) is 9.59 Å². The van der Waals surface area contributed by atoms with E-state index in [4.69, 9.17) is 0 Å². The van der Waals surface area contributed by atoms with Crippen molar-refractivity contribution in [2.75, 3.05) is 33.7 Å². The Labute approximate surface area is 186 Å². The lowest BCUT2D eigenvalue weighted by Crippen LogP contribution is -2.38. The molecular weight excluding hydrogens is 392 g/mol. The summed E-state index contributed by atoms with van der Waals surface area (Å²) < 4.78 is 2.14. The third-order valence-electron chi connectivity index (χ3n) is 6.41. The highest BCUT2D eigenvalue weighted by Gasteiger charge is 2.28. The molecular formula is C23H40N6O2. The number of hydrogen-bond acceptors (Lipinski definition) is 5. The van der Waals surface area contributed by atoms with E-state index in [1.165, 1.54) is 32.1 Å². The molecule has 2 amide bonds. The summed E-state index contributed by atoms with van der Waals surface area (Å²) in [5.74, 6) is 2.98. The average Bonchev–Trinajstić information content (AvgIpc) is 2.98. The Morgan fingerprint density at radius 1 is 1.10 bits per heavy atom. The molecule has 1 saturated carbocycles. The summed E-state index contributed by atoms with van der Waals surface area (Å²) in [4.78, 5) is 29.2. The van der Waals surface area contributed by atoms with Crippen LogP contribution in [-0.4, -0.2) is 70.1 Å². The molecule has 3 rings (SSSR count). The zero-order valence-corrected chi connectivity index (χ0v) is 19.8. The lowest BCUT2D eigenvalue weighted by atomic mass is 9.86. The molecule has 0 spiro atoms. The van der Waals surface area contributed by atoms with Gasteiger partial charge in [0.25, 0.3) is 0 Å². The molecule has 8 nitrogen and oxygen atoms in total. The van der Waals surface area contributed by atoms with Gasteiger partial charge in [-0.2, -0.15) is 0 Å². The first-order valence-corrected chi connectivity index (χ1v) is 12.0. The monoisotopic (exact) mass is 432 g/mol. The van der Waals surface area contributed by atoms with Crippen molar-refractivity contribution < 1.29 is 9.59 Å². The summed E-state index contributed by atoms with van der Waals surface area (Å²) in [6.45, 7) is 6.72. The highest BCUT2D eigenvalue weighted by Crippen LogP contribution is 2.27. The van der Waals surface area contributed by atoms with Crippen LogP contribution in [0.1, 0.15) is 76.5 Å². The molecule has 0 bridgehead atoms. The molecule has 1 N–H and O–H groups in total. The first kappa shape index (κ1) is 23.7. The number of nitrogens with one attached hydrogen (secondary N) is 1. The van der Waals surface area contributed by atoms with Crippen LogP contribution in [0.4, 0.5) is 0 Å². The van der Waals surface area contributed by atoms with E-state index in [0.29, 0.717) is 50.9 Å². The maximum Gasteiger partial charge on any atom is 0.234 e. The summed E-state index contributed by atoms with van der Waals surface area (Å²) >= 11 is 0. The predicted octanol–water partition coefficient (Wildman–Crippen LogP) is 2.40. The van der Waals surface area contributed by atoms with E-state index in [-0.39, 0.29) is 17.9 Å². The van der Waals surface area contributed by atoms with Gasteiger partial charge in [0.2, 0.25) is 11.8 Å². The van der Waals surface area contributed by atoms with Crippen LogP contribution in [0.25, 0.3) is 0 Å². The Bertz CT molecular complexity index is 738. The molecule has 174 valence electrons. The summed E-state index contributed by atoms with van der Waals surface area (Å²) in [6.07, 6.45) is 8.43. The number of fused-ring (bicyclic) bond motifs is 1. The van der Waals surface area contributed by atoms with Crippen LogP contribution in [0, 0.1) is 11.8 Å². The van der Waals surface area contributed by atoms with Crippen molar-refractivity contribution in [3.63, 3.8) is 0 Å². The lowest BCUT2D eigenvalue weighted by molar-refractivity contribution is -0.132. The third kappa shape index (κ3) is 6.76. The fourth-order valence-corrected chi connectivity index (χ4v) is 4.85. The van der Waals surface area contributed by atoms with Crippen LogP contribution in [0.3, 0.4) is 0 Å². The standard InChI is InChI=1S/C23H40N6O2/c1-17(2)14-19(24-21(30)16-27(3)4)23-26-25-20-10-11-28(12-13-29(20)23)22(31)15-18-8-6-5-7-9-18/h17-19H,5-16H2,1-4H3,(H,24,30)/t19-/m1/s1. The molecule has 0 saturated heterocycles. The van der Waals surface area contributed by atoms with Gasteiger partial charge in [0.1, 0.15) is 5.82 Å². The number of aromatic nitrogens is 3. The minimum atomic E-state index is -0.168. The fourth-order valence-electron chi connectivity index (χ4n) is 4.85. The summed E-state index contributed by atoms with van der Waals surface area (Å²) in [5.41, 5.74) is 0. The zero-order valence-electron chi connectivity index (χ0n) is 19.8. The predicted molar refractivity (Wildman–Crippen MR) is 120 cm³/mol. The largest absolute Gasteiger partial charge is 0.345 e. The van der Waals surface area contributed by atoms with Gasteiger partial charge < -0.3 is 19.7 Å². The molecule has 1 atom stereocenters. The van der Waals surface area contributed by atoms with Crippen LogP contribution < -0.4 is 5.32 Å². The Hall–Kier alpha value is -1.96. The normalized spacial score (nSPS) is 18.7. The van der Waals surface area contributed by atoms with Gasteiger partial charge in [-0.05, 0) is 45.2 Å². The SMILES string of the molecule is CC(C)C[C@@H](NC(=O)CN(C)C)c1nnc2n1CCN(C(=O)CC1CCCCC1)CC2. The summed E-state index contributed by atoms with van der Waals surface area (Å²) in [5, 5.41) is 12.1. The van der Waals surface area contributed by atoms with Gasteiger partial charge in [-0.15, -0.1) is 10.2 Å². The van der Waals surface area contributed by atoms with Crippen LogP contribution in [-0.2, 0) is 22.6 Å². The number of nitrogens with zero attached hydrogens (tertiary/aromatic N) is 5. The third-order valence-corrected chi connectivity index (χ3v) is 6.41. The van der Waals surface area contributed by atoms with E-state index in [0.717, 1.165) is 18.1 Å². The lowest BCUT2D eigenvalue weighted by Gasteiger charge is -2.26. The van der Waals surface area contributed by atoms with Gasteiger partial charge in [-0.25, -0.2) is 0 Å². The molecule has 1 aromatic rings. The van der Waals surface area contributed by atoms with Crippen LogP contribution in [0.15, 0.2) is 0 Å². The first-order valence-electron chi connectivity index (χ1n) is 12.0. The fraction of sp³-hybridized carbons (Fsp3) is 0.826. The Balaban J connectivity index is 1.66. The van der Waals surface area contributed by atoms with Crippen LogP contribution in [0.5, 0.6) is 0 Å². The molecule has 1 aliphatic carbocycles. The smallest absolute Gasteiger partial charge is 0.234 e. The van der Waals surface area contributed by atoms with Gasteiger partial charge in [0.15, 0.2) is 5.82 Å². The molecule has 0 unspecified atom stereocenters. The van der Waals surface area contributed by atoms with Crippen molar-refractivity contribution in [1.82, 2.24) is 29.9 Å². The second kappa shape index (κ2) is 11.1. The molecule has 1 aliphatic heterocycles. The molecule has 0 radical (unpaired) electrons. The van der Waals surface area contributed by atoms with E-state index >= 15 is 0 Å². The molecule has 1 fully saturated rings.